The number of hydrogen-bond acceptors (Lipinski definition) is 3. The lowest BCUT2D eigenvalue weighted by Crippen LogP contribution is -2.34. The molecule has 2 aromatic rings. The van der Waals surface area contributed by atoms with Crippen molar-refractivity contribution in [2.75, 3.05) is 11.4 Å². The topological polar surface area (TPSA) is 62.3 Å². The van der Waals surface area contributed by atoms with Crippen molar-refractivity contribution in [1.82, 2.24) is 10.3 Å². The van der Waals surface area contributed by atoms with Crippen molar-refractivity contribution in [3.8, 4) is 0 Å². The predicted octanol–water partition coefficient (Wildman–Crippen LogP) is 2.80. The maximum Gasteiger partial charge on any atom is 0.227 e. The summed E-state index contributed by atoms with van der Waals surface area (Å²) in [5.41, 5.74) is 4.66. The number of nitrogens with one attached hydrogen (secondary N) is 1. The van der Waals surface area contributed by atoms with E-state index >= 15 is 0 Å². The van der Waals surface area contributed by atoms with Gasteiger partial charge in [-0.05, 0) is 67.1 Å². The fourth-order valence-electron chi connectivity index (χ4n) is 3.93. The molecule has 1 aliphatic heterocycles. The Hall–Kier alpha value is -2.69. The van der Waals surface area contributed by atoms with E-state index in [0.717, 1.165) is 24.1 Å². The first-order valence-corrected chi connectivity index (χ1v) is 9.24. The van der Waals surface area contributed by atoms with E-state index in [1.54, 1.807) is 17.3 Å². The summed E-state index contributed by atoms with van der Waals surface area (Å²) >= 11 is 0. The number of fused-ring (bicyclic) bond motifs is 1. The highest BCUT2D eigenvalue weighted by Crippen LogP contribution is 2.30. The standard InChI is InChI=1S/C21H23N3O2/c1-14(15-7-9-22-10-8-15)23-21(26)18-12-20(25)24(13-18)19-6-5-16-3-2-4-17(16)11-19/h5-11,14,18H,2-4,12-13H2,1H3,(H,23,26)/t14-,18+/m1/s1. The monoisotopic (exact) mass is 349 g/mol. The predicted molar refractivity (Wildman–Crippen MR) is 99.7 cm³/mol. The number of rotatable bonds is 4. The lowest BCUT2D eigenvalue weighted by atomic mass is 10.1. The van der Waals surface area contributed by atoms with E-state index in [2.05, 4.69) is 22.4 Å². The van der Waals surface area contributed by atoms with Crippen LogP contribution in [0.5, 0.6) is 0 Å². The highest BCUT2D eigenvalue weighted by atomic mass is 16.2. The van der Waals surface area contributed by atoms with Crippen LogP contribution in [0.1, 0.15) is 42.5 Å². The molecule has 2 aliphatic rings. The molecule has 1 fully saturated rings. The van der Waals surface area contributed by atoms with Gasteiger partial charge in [-0.15, -0.1) is 0 Å². The Morgan fingerprint density at radius 3 is 2.77 bits per heavy atom. The van der Waals surface area contributed by atoms with Gasteiger partial charge >= 0.3 is 0 Å². The largest absolute Gasteiger partial charge is 0.349 e. The van der Waals surface area contributed by atoms with E-state index in [4.69, 9.17) is 0 Å². The van der Waals surface area contributed by atoms with Gasteiger partial charge in [0.25, 0.3) is 0 Å². The molecule has 4 rings (SSSR count). The van der Waals surface area contributed by atoms with Crippen LogP contribution in [-0.4, -0.2) is 23.3 Å². The first-order valence-electron chi connectivity index (χ1n) is 9.24. The maximum absolute atomic E-state index is 12.6. The Balaban J connectivity index is 1.43. The summed E-state index contributed by atoms with van der Waals surface area (Å²) in [7, 11) is 0. The van der Waals surface area contributed by atoms with Crippen LogP contribution in [-0.2, 0) is 22.4 Å². The second-order valence-corrected chi connectivity index (χ2v) is 7.22. The van der Waals surface area contributed by atoms with E-state index in [1.807, 2.05) is 25.1 Å². The second kappa shape index (κ2) is 6.90. The molecular weight excluding hydrogens is 326 g/mol. The summed E-state index contributed by atoms with van der Waals surface area (Å²) in [6, 6.07) is 9.95. The Bertz CT molecular complexity index is 834. The van der Waals surface area contributed by atoms with Crippen LogP contribution in [0.25, 0.3) is 0 Å². The number of carbonyl (C=O) groups excluding carboxylic acids is 2. The van der Waals surface area contributed by atoms with Gasteiger partial charge in [-0.1, -0.05) is 6.07 Å². The SMILES string of the molecule is C[C@@H](NC(=O)[C@H]1CC(=O)N(c2ccc3c(c2)CCC3)C1)c1ccncc1. The van der Waals surface area contributed by atoms with Gasteiger partial charge in [0.2, 0.25) is 11.8 Å². The minimum Gasteiger partial charge on any atom is -0.349 e. The average Bonchev–Trinajstić information content (AvgIpc) is 3.28. The van der Waals surface area contributed by atoms with Gasteiger partial charge in [-0.3, -0.25) is 14.6 Å². The summed E-state index contributed by atoms with van der Waals surface area (Å²) in [6.07, 6.45) is 7.09. The molecule has 2 heterocycles. The second-order valence-electron chi connectivity index (χ2n) is 7.22. The van der Waals surface area contributed by atoms with Crippen LogP contribution in [0.3, 0.4) is 0 Å². The maximum atomic E-state index is 12.6. The Morgan fingerprint density at radius 1 is 1.19 bits per heavy atom. The lowest BCUT2D eigenvalue weighted by Gasteiger charge is -2.19. The van der Waals surface area contributed by atoms with Crippen molar-refractivity contribution in [2.45, 2.75) is 38.6 Å². The number of aromatic nitrogens is 1. The lowest BCUT2D eigenvalue weighted by molar-refractivity contribution is -0.126. The van der Waals surface area contributed by atoms with Crippen LogP contribution in [0, 0.1) is 5.92 Å². The molecule has 0 radical (unpaired) electrons. The Kier molecular flexibility index (Phi) is 4.45. The van der Waals surface area contributed by atoms with Gasteiger partial charge in [0, 0.05) is 31.0 Å². The first kappa shape index (κ1) is 16.8. The quantitative estimate of drug-likeness (QED) is 0.923. The molecule has 2 amide bonds. The summed E-state index contributed by atoms with van der Waals surface area (Å²) in [4.78, 5) is 30.9. The third-order valence-electron chi connectivity index (χ3n) is 5.45. The zero-order valence-electron chi connectivity index (χ0n) is 14.9. The van der Waals surface area contributed by atoms with Crippen LogP contribution in [0.15, 0.2) is 42.7 Å². The van der Waals surface area contributed by atoms with E-state index in [0.29, 0.717) is 6.54 Å². The molecule has 0 spiro atoms. The van der Waals surface area contributed by atoms with Crippen LogP contribution in [0.2, 0.25) is 0 Å². The highest BCUT2D eigenvalue weighted by Gasteiger charge is 2.35. The first-order chi connectivity index (χ1) is 12.6. The summed E-state index contributed by atoms with van der Waals surface area (Å²) < 4.78 is 0. The van der Waals surface area contributed by atoms with Gasteiger partial charge in [-0.25, -0.2) is 0 Å². The molecule has 2 atom stereocenters. The molecule has 1 aromatic heterocycles. The molecule has 1 saturated heterocycles. The molecule has 1 N–H and O–H groups in total. The van der Waals surface area contributed by atoms with Crippen LogP contribution < -0.4 is 10.2 Å². The third kappa shape index (κ3) is 3.21. The number of amides is 2. The molecule has 134 valence electrons. The van der Waals surface area contributed by atoms with E-state index < -0.39 is 0 Å². The Labute approximate surface area is 153 Å². The van der Waals surface area contributed by atoms with E-state index in [9.17, 15) is 9.59 Å². The summed E-state index contributed by atoms with van der Waals surface area (Å²) in [6.45, 7) is 2.40. The van der Waals surface area contributed by atoms with Crippen molar-refractivity contribution in [2.24, 2.45) is 5.92 Å². The molecule has 5 heteroatoms. The van der Waals surface area contributed by atoms with Gasteiger partial charge in [0.15, 0.2) is 0 Å². The van der Waals surface area contributed by atoms with Crippen molar-refractivity contribution < 1.29 is 9.59 Å². The summed E-state index contributed by atoms with van der Waals surface area (Å²) in [5.74, 6) is -0.342. The Morgan fingerprint density at radius 2 is 1.96 bits per heavy atom. The van der Waals surface area contributed by atoms with Gasteiger partial charge < -0.3 is 10.2 Å². The molecule has 0 unspecified atom stereocenters. The molecule has 1 aliphatic carbocycles. The van der Waals surface area contributed by atoms with Crippen LogP contribution in [0.4, 0.5) is 5.69 Å². The number of nitrogens with zero attached hydrogens (tertiary/aromatic N) is 2. The number of anilines is 1. The minimum absolute atomic E-state index is 0.0275. The fraction of sp³-hybridized carbons (Fsp3) is 0.381. The molecule has 5 nitrogen and oxygen atoms in total. The van der Waals surface area contributed by atoms with Crippen molar-refractivity contribution >= 4 is 17.5 Å². The number of carbonyl (C=O) groups is 2. The number of aryl methyl sites for hydroxylation is 2. The molecular formula is C21H23N3O2. The zero-order chi connectivity index (χ0) is 18.1. The normalized spacial score (nSPS) is 20.1. The zero-order valence-corrected chi connectivity index (χ0v) is 14.9. The van der Waals surface area contributed by atoms with Crippen LogP contribution >= 0.6 is 0 Å². The third-order valence-corrected chi connectivity index (χ3v) is 5.45. The van der Waals surface area contributed by atoms with Gasteiger partial charge in [-0.2, -0.15) is 0 Å². The molecule has 1 aromatic carbocycles. The van der Waals surface area contributed by atoms with Crippen molar-refractivity contribution in [1.29, 1.82) is 0 Å². The number of benzene rings is 1. The van der Waals surface area contributed by atoms with Gasteiger partial charge in [0.1, 0.15) is 0 Å². The van der Waals surface area contributed by atoms with Crippen molar-refractivity contribution in [3.05, 3.63) is 59.4 Å². The highest BCUT2D eigenvalue weighted by molar-refractivity contribution is 6.00. The molecule has 0 saturated carbocycles. The average molecular weight is 349 g/mol. The summed E-state index contributed by atoms with van der Waals surface area (Å²) in [5, 5.41) is 3.03. The fourth-order valence-corrected chi connectivity index (χ4v) is 3.93. The number of hydrogen-bond donors (Lipinski definition) is 1. The molecule has 0 bridgehead atoms. The van der Waals surface area contributed by atoms with E-state index in [-0.39, 0.29) is 30.2 Å². The van der Waals surface area contributed by atoms with Crippen molar-refractivity contribution in [3.63, 3.8) is 0 Å². The van der Waals surface area contributed by atoms with Gasteiger partial charge in [0.05, 0.1) is 12.0 Å². The minimum atomic E-state index is -0.306. The smallest absolute Gasteiger partial charge is 0.227 e. The molecule has 26 heavy (non-hydrogen) atoms. The number of pyridine rings is 1. The van der Waals surface area contributed by atoms with E-state index in [1.165, 1.54) is 17.5 Å².